The Labute approximate surface area is 110 Å². The molecule has 104 valence electrons. The highest BCUT2D eigenvalue weighted by molar-refractivity contribution is 4.97. The monoisotopic (exact) mass is 242 g/mol. The molecule has 1 aliphatic heterocycles. The lowest BCUT2D eigenvalue weighted by atomic mass is 9.66. The SMILES string of the molecule is CC.CCNCC1CCC2(CC1)CN(CC)C2.[HH]. The predicted molar refractivity (Wildman–Crippen MR) is 78.5 cm³/mol. The molecule has 2 heteroatoms. The lowest BCUT2D eigenvalue weighted by Crippen LogP contribution is -2.57. The molecule has 1 spiro atoms. The van der Waals surface area contributed by atoms with Crippen LogP contribution in [0.5, 0.6) is 0 Å². The van der Waals surface area contributed by atoms with Gasteiger partial charge in [0.1, 0.15) is 0 Å². The van der Waals surface area contributed by atoms with Crippen molar-refractivity contribution in [3.05, 3.63) is 0 Å². The van der Waals surface area contributed by atoms with E-state index in [1.54, 1.807) is 0 Å². The molecule has 17 heavy (non-hydrogen) atoms. The van der Waals surface area contributed by atoms with Crippen molar-refractivity contribution in [3.63, 3.8) is 0 Å². The van der Waals surface area contributed by atoms with Crippen LogP contribution in [0.1, 0.15) is 54.8 Å². The van der Waals surface area contributed by atoms with Gasteiger partial charge in [0, 0.05) is 14.5 Å². The van der Waals surface area contributed by atoms with Gasteiger partial charge >= 0.3 is 0 Å². The maximum atomic E-state index is 3.49. The topological polar surface area (TPSA) is 15.3 Å². The van der Waals surface area contributed by atoms with Crippen LogP contribution in [-0.2, 0) is 0 Å². The molecule has 0 aromatic heterocycles. The minimum absolute atomic E-state index is 0. The van der Waals surface area contributed by atoms with Crippen molar-refractivity contribution in [3.8, 4) is 0 Å². The van der Waals surface area contributed by atoms with Gasteiger partial charge in [0.25, 0.3) is 0 Å². The van der Waals surface area contributed by atoms with Crippen LogP contribution in [0.15, 0.2) is 0 Å². The van der Waals surface area contributed by atoms with Crippen molar-refractivity contribution in [1.82, 2.24) is 10.2 Å². The highest BCUT2D eigenvalue weighted by atomic mass is 15.2. The number of likely N-dealkylation sites (tertiary alicyclic amines) is 1. The van der Waals surface area contributed by atoms with Crippen molar-refractivity contribution >= 4 is 0 Å². The van der Waals surface area contributed by atoms with E-state index in [1.807, 2.05) is 13.8 Å². The molecule has 0 amide bonds. The fraction of sp³-hybridized carbons (Fsp3) is 1.00. The number of nitrogens with one attached hydrogen (secondary N) is 1. The first-order chi connectivity index (χ1) is 8.28. The van der Waals surface area contributed by atoms with Crippen molar-refractivity contribution in [2.75, 3.05) is 32.7 Å². The van der Waals surface area contributed by atoms with Gasteiger partial charge in [-0.05, 0) is 56.7 Å². The van der Waals surface area contributed by atoms with Crippen LogP contribution >= 0.6 is 0 Å². The summed E-state index contributed by atoms with van der Waals surface area (Å²) in [4.78, 5) is 2.59. The number of rotatable bonds is 4. The lowest BCUT2D eigenvalue weighted by Gasteiger charge is -2.53. The molecule has 0 bridgehead atoms. The van der Waals surface area contributed by atoms with Crippen LogP contribution in [0.4, 0.5) is 0 Å². The summed E-state index contributed by atoms with van der Waals surface area (Å²) >= 11 is 0. The summed E-state index contributed by atoms with van der Waals surface area (Å²) in [5.74, 6) is 0.964. The first-order valence-electron chi connectivity index (χ1n) is 7.71. The Kier molecular flexibility index (Phi) is 6.50. The van der Waals surface area contributed by atoms with E-state index in [2.05, 4.69) is 24.1 Å². The summed E-state index contributed by atoms with van der Waals surface area (Å²) in [7, 11) is 0. The summed E-state index contributed by atoms with van der Waals surface area (Å²) in [5.41, 5.74) is 0.749. The predicted octanol–water partition coefficient (Wildman–Crippen LogP) is 3.38. The van der Waals surface area contributed by atoms with Crippen LogP contribution in [0.2, 0.25) is 0 Å². The van der Waals surface area contributed by atoms with Gasteiger partial charge in [-0.2, -0.15) is 0 Å². The van der Waals surface area contributed by atoms with Gasteiger partial charge in [-0.1, -0.05) is 27.7 Å². The summed E-state index contributed by atoms with van der Waals surface area (Å²) in [6.07, 6.45) is 5.90. The van der Waals surface area contributed by atoms with E-state index in [9.17, 15) is 0 Å². The van der Waals surface area contributed by atoms with Crippen LogP contribution in [0.25, 0.3) is 0 Å². The van der Waals surface area contributed by atoms with Crippen LogP contribution < -0.4 is 5.32 Å². The third kappa shape index (κ3) is 3.96. The average molecular weight is 242 g/mol. The number of hydrogen-bond donors (Lipinski definition) is 1. The Balaban J connectivity index is 0.000000917. The highest BCUT2D eigenvalue weighted by Gasteiger charge is 2.43. The second kappa shape index (κ2) is 7.38. The number of nitrogens with zero attached hydrogens (tertiary/aromatic N) is 1. The minimum Gasteiger partial charge on any atom is -0.317 e. The van der Waals surface area contributed by atoms with Crippen LogP contribution in [-0.4, -0.2) is 37.6 Å². The van der Waals surface area contributed by atoms with E-state index in [4.69, 9.17) is 0 Å². The van der Waals surface area contributed by atoms with Gasteiger partial charge in [0.15, 0.2) is 0 Å². The van der Waals surface area contributed by atoms with E-state index < -0.39 is 0 Å². The summed E-state index contributed by atoms with van der Waals surface area (Å²) in [5, 5.41) is 3.49. The van der Waals surface area contributed by atoms with Crippen LogP contribution in [0.3, 0.4) is 0 Å². The second-order valence-corrected chi connectivity index (χ2v) is 5.55. The Morgan fingerprint density at radius 2 is 1.76 bits per heavy atom. The summed E-state index contributed by atoms with van der Waals surface area (Å²) in [6.45, 7) is 14.9. The van der Waals surface area contributed by atoms with E-state index in [-0.39, 0.29) is 1.43 Å². The quantitative estimate of drug-likeness (QED) is 0.813. The fourth-order valence-corrected chi connectivity index (χ4v) is 3.28. The molecule has 0 aromatic carbocycles. The van der Waals surface area contributed by atoms with Crippen molar-refractivity contribution in [2.45, 2.75) is 53.4 Å². The fourth-order valence-electron chi connectivity index (χ4n) is 3.28. The zero-order chi connectivity index (χ0) is 12.7. The summed E-state index contributed by atoms with van der Waals surface area (Å²) in [6, 6.07) is 0. The highest BCUT2D eigenvalue weighted by Crippen LogP contribution is 2.45. The summed E-state index contributed by atoms with van der Waals surface area (Å²) < 4.78 is 0. The third-order valence-corrected chi connectivity index (χ3v) is 4.41. The molecule has 1 saturated carbocycles. The zero-order valence-corrected chi connectivity index (χ0v) is 12.4. The van der Waals surface area contributed by atoms with Crippen molar-refractivity contribution in [2.24, 2.45) is 11.3 Å². The Morgan fingerprint density at radius 1 is 1.18 bits per heavy atom. The van der Waals surface area contributed by atoms with E-state index >= 15 is 0 Å². The Bertz CT molecular complexity index is 193. The maximum Gasteiger partial charge on any atom is 0.00504 e. The third-order valence-electron chi connectivity index (χ3n) is 4.41. The van der Waals surface area contributed by atoms with Gasteiger partial charge in [-0.15, -0.1) is 0 Å². The van der Waals surface area contributed by atoms with Gasteiger partial charge in [-0.3, -0.25) is 0 Å². The second-order valence-electron chi connectivity index (χ2n) is 5.55. The van der Waals surface area contributed by atoms with Gasteiger partial charge in [0.2, 0.25) is 0 Å². The standard InChI is InChI=1S/C13H26N2.C2H6.H2/c1-3-14-9-12-5-7-13(8-6-12)10-15(4-2)11-13;1-2;/h12,14H,3-11H2,1-2H3;1-2H3;1H. The number of hydrogen-bond acceptors (Lipinski definition) is 2. The molecule has 1 aliphatic carbocycles. The van der Waals surface area contributed by atoms with Crippen molar-refractivity contribution in [1.29, 1.82) is 0 Å². The smallest absolute Gasteiger partial charge is 0.00504 e. The molecular formula is C15H34N2. The average Bonchev–Trinajstić information content (AvgIpc) is 2.36. The van der Waals surface area contributed by atoms with Crippen molar-refractivity contribution < 1.29 is 1.43 Å². The first kappa shape index (κ1) is 15.0. The minimum atomic E-state index is 0. The van der Waals surface area contributed by atoms with Gasteiger partial charge in [-0.25, -0.2) is 0 Å². The van der Waals surface area contributed by atoms with E-state index in [0.29, 0.717) is 0 Å². The van der Waals surface area contributed by atoms with E-state index in [1.165, 1.54) is 51.9 Å². The Hall–Kier alpha value is -0.0800. The molecule has 2 fully saturated rings. The molecular weight excluding hydrogens is 208 g/mol. The molecule has 0 unspecified atom stereocenters. The molecule has 0 radical (unpaired) electrons. The molecule has 2 rings (SSSR count). The molecule has 0 aromatic rings. The molecule has 1 saturated heterocycles. The zero-order valence-electron chi connectivity index (χ0n) is 12.4. The maximum absolute atomic E-state index is 3.49. The normalized spacial score (nSPS) is 24.0. The molecule has 2 aliphatic rings. The van der Waals surface area contributed by atoms with Crippen LogP contribution in [0, 0.1) is 11.3 Å². The Morgan fingerprint density at radius 3 is 2.24 bits per heavy atom. The molecule has 0 atom stereocenters. The first-order valence-corrected chi connectivity index (χ1v) is 7.71. The van der Waals surface area contributed by atoms with E-state index in [0.717, 1.165) is 17.9 Å². The van der Waals surface area contributed by atoms with Gasteiger partial charge in [0.05, 0.1) is 0 Å². The lowest BCUT2D eigenvalue weighted by molar-refractivity contribution is -0.0343. The van der Waals surface area contributed by atoms with Gasteiger partial charge < -0.3 is 10.2 Å². The molecule has 1 N–H and O–H groups in total. The molecule has 2 nitrogen and oxygen atoms in total. The largest absolute Gasteiger partial charge is 0.317 e. The molecule has 1 heterocycles.